The molecule has 0 radical (unpaired) electrons. The Morgan fingerprint density at radius 2 is 2.00 bits per heavy atom. The fourth-order valence-corrected chi connectivity index (χ4v) is 2.38. The Morgan fingerprint density at radius 1 is 1.32 bits per heavy atom. The van der Waals surface area contributed by atoms with E-state index in [1.54, 1.807) is 7.11 Å². The third kappa shape index (κ3) is 3.17. The molecule has 0 bridgehead atoms. The molecule has 1 aromatic rings. The molecule has 1 heterocycles. The van der Waals surface area contributed by atoms with Crippen LogP contribution in [-0.4, -0.2) is 44.2 Å². The first-order valence-electron chi connectivity index (χ1n) is 6.53. The number of hydrogen-bond donors (Lipinski definition) is 2. The van der Waals surface area contributed by atoms with Crippen LogP contribution >= 0.6 is 0 Å². The van der Waals surface area contributed by atoms with E-state index in [1.165, 1.54) is 0 Å². The molecule has 0 saturated carbocycles. The summed E-state index contributed by atoms with van der Waals surface area (Å²) in [4.78, 5) is 14.0. The van der Waals surface area contributed by atoms with Crippen molar-refractivity contribution in [3.05, 3.63) is 23.3 Å². The van der Waals surface area contributed by atoms with Crippen LogP contribution in [0.5, 0.6) is 5.75 Å². The van der Waals surface area contributed by atoms with Crippen molar-refractivity contribution in [2.75, 3.05) is 38.6 Å². The van der Waals surface area contributed by atoms with Gasteiger partial charge in [-0.25, -0.2) is 4.79 Å². The minimum atomic E-state index is -0.0650. The molecule has 0 aliphatic carbocycles. The normalized spacial score (nSPS) is 15.2. The summed E-state index contributed by atoms with van der Waals surface area (Å²) in [6.07, 6.45) is 0. The van der Waals surface area contributed by atoms with Crippen molar-refractivity contribution in [3.63, 3.8) is 0 Å². The van der Waals surface area contributed by atoms with Crippen LogP contribution < -0.4 is 15.4 Å². The van der Waals surface area contributed by atoms with Gasteiger partial charge in [0.05, 0.1) is 12.8 Å². The van der Waals surface area contributed by atoms with Crippen LogP contribution in [0.2, 0.25) is 0 Å². The van der Waals surface area contributed by atoms with Crippen molar-refractivity contribution in [1.29, 1.82) is 0 Å². The van der Waals surface area contributed by atoms with Crippen molar-refractivity contribution in [3.8, 4) is 5.75 Å². The topological polar surface area (TPSA) is 53.6 Å². The molecule has 2 rings (SSSR count). The standard InChI is InChI=1S/C14H21N3O2/c1-10-8-11(2)13(19-3)12(9-10)16-14(18)17-6-4-15-5-7-17/h8-9,15H,4-7H2,1-3H3,(H,16,18). The van der Waals surface area contributed by atoms with E-state index >= 15 is 0 Å². The first-order valence-corrected chi connectivity index (χ1v) is 6.53. The van der Waals surface area contributed by atoms with E-state index in [-0.39, 0.29) is 6.03 Å². The second-order valence-electron chi connectivity index (χ2n) is 4.83. The molecule has 2 amide bonds. The molecule has 0 atom stereocenters. The largest absolute Gasteiger partial charge is 0.494 e. The SMILES string of the molecule is COc1c(C)cc(C)cc1NC(=O)N1CCNCC1. The van der Waals surface area contributed by atoms with Gasteiger partial charge in [0.25, 0.3) is 0 Å². The number of ether oxygens (including phenoxy) is 1. The van der Waals surface area contributed by atoms with Crippen LogP contribution in [0.25, 0.3) is 0 Å². The van der Waals surface area contributed by atoms with E-state index in [2.05, 4.69) is 10.6 Å². The fourth-order valence-electron chi connectivity index (χ4n) is 2.38. The number of amides is 2. The van der Waals surface area contributed by atoms with Gasteiger partial charge in [0, 0.05) is 26.2 Å². The molecule has 1 aromatic carbocycles. The molecule has 1 aliphatic rings. The van der Waals surface area contributed by atoms with Crippen molar-refractivity contribution in [2.45, 2.75) is 13.8 Å². The number of nitrogens with zero attached hydrogens (tertiary/aromatic N) is 1. The first kappa shape index (κ1) is 13.7. The van der Waals surface area contributed by atoms with Crippen LogP contribution in [0.3, 0.4) is 0 Å². The highest BCUT2D eigenvalue weighted by molar-refractivity contribution is 5.91. The lowest BCUT2D eigenvalue weighted by Crippen LogP contribution is -2.48. The van der Waals surface area contributed by atoms with Crippen LogP contribution in [0.4, 0.5) is 10.5 Å². The van der Waals surface area contributed by atoms with Crippen LogP contribution in [0.15, 0.2) is 12.1 Å². The van der Waals surface area contributed by atoms with Gasteiger partial charge in [0.1, 0.15) is 5.75 Å². The summed E-state index contributed by atoms with van der Waals surface area (Å²) in [5, 5.41) is 6.17. The maximum atomic E-state index is 12.2. The number of carbonyl (C=O) groups excluding carboxylic acids is 1. The highest BCUT2D eigenvalue weighted by Crippen LogP contribution is 2.30. The molecule has 19 heavy (non-hydrogen) atoms. The second kappa shape index (κ2) is 5.93. The summed E-state index contributed by atoms with van der Waals surface area (Å²) < 4.78 is 5.37. The van der Waals surface area contributed by atoms with E-state index in [1.807, 2.05) is 30.9 Å². The van der Waals surface area contributed by atoms with Crippen LogP contribution in [-0.2, 0) is 0 Å². The van der Waals surface area contributed by atoms with Gasteiger partial charge in [-0.2, -0.15) is 0 Å². The zero-order chi connectivity index (χ0) is 13.8. The smallest absolute Gasteiger partial charge is 0.322 e. The lowest BCUT2D eigenvalue weighted by atomic mass is 10.1. The predicted molar refractivity (Wildman–Crippen MR) is 75.9 cm³/mol. The molecule has 0 aromatic heterocycles. The number of aryl methyl sites for hydroxylation is 2. The Balaban J connectivity index is 2.15. The monoisotopic (exact) mass is 263 g/mol. The number of hydrogen-bond acceptors (Lipinski definition) is 3. The zero-order valence-electron chi connectivity index (χ0n) is 11.7. The van der Waals surface area contributed by atoms with Gasteiger partial charge in [-0.15, -0.1) is 0 Å². The number of carbonyl (C=O) groups is 1. The molecule has 0 spiro atoms. The minimum absolute atomic E-state index is 0.0650. The molecule has 104 valence electrons. The summed E-state index contributed by atoms with van der Waals surface area (Å²) in [5.41, 5.74) is 2.87. The number of urea groups is 1. The molecular formula is C14H21N3O2. The Bertz CT molecular complexity index is 468. The molecule has 2 N–H and O–H groups in total. The zero-order valence-corrected chi connectivity index (χ0v) is 11.7. The third-order valence-electron chi connectivity index (χ3n) is 3.27. The Hall–Kier alpha value is -1.75. The Morgan fingerprint density at radius 3 is 2.63 bits per heavy atom. The van der Waals surface area contributed by atoms with Gasteiger partial charge >= 0.3 is 6.03 Å². The Labute approximate surface area is 113 Å². The van der Waals surface area contributed by atoms with E-state index in [9.17, 15) is 4.79 Å². The van der Waals surface area contributed by atoms with Gasteiger partial charge < -0.3 is 20.3 Å². The number of methoxy groups -OCH3 is 1. The first-order chi connectivity index (χ1) is 9.11. The number of anilines is 1. The lowest BCUT2D eigenvalue weighted by Gasteiger charge is -2.28. The number of nitrogens with one attached hydrogen (secondary N) is 2. The van der Waals surface area contributed by atoms with Gasteiger partial charge in [0.2, 0.25) is 0 Å². The summed E-state index contributed by atoms with van der Waals surface area (Å²) in [5.74, 6) is 0.731. The quantitative estimate of drug-likeness (QED) is 0.854. The number of piperazine rings is 1. The predicted octanol–water partition coefficient (Wildman–Crippen LogP) is 1.75. The minimum Gasteiger partial charge on any atom is -0.494 e. The highest BCUT2D eigenvalue weighted by Gasteiger charge is 2.18. The van der Waals surface area contributed by atoms with E-state index in [4.69, 9.17) is 4.74 Å². The van der Waals surface area contributed by atoms with Gasteiger partial charge in [0.15, 0.2) is 0 Å². The van der Waals surface area contributed by atoms with E-state index in [0.29, 0.717) is 0 Å². The summed E-state index contributed by atoms with van der Waals surface area (Å²) in [6, 6.07) is 3.91. The average molecular weight is 263 g/mol. The number of benzene rings is 1. The molecule has 5 heteroatoms. The fraction of sp³-hybridized carbons (Fsp3) is 0.500. The molecular weight excluding hydrogens is 242 g/mol. The van der Waals surface area contributed by atoms with Crippen molar-refractivity contribution in [1.82, 2.24) is 10.2 Å². The number of rotatable bonds is 2. The van der Waals surface area contributed by atoms with Crippen LogP contribution in [0, 0.1) is 13.8 Å². The molecule has 1 saturated heterocycles. The highest BCUT2D eigenvalue weighted by atomic mass is 16.5. The Kier molecular flexibility index (Phi) is 4.27. The van der Waals surface area contributed by atoms with Crippen molar-refractivity contribution >= 4 is 11.7 Å². The maximum Gasteiger partial charge on any atom is 0.322 e. The maximum absolute atomic E-state index is 12.2. The summed E-state index contributed by atoms with van der Waals surface area (Å²) >= 11 is 0. The average Bonchev–Trinajstić information content (AvgIpc) is 2.39. The van der Waals surface area contributed by atoms with Crippen LogP contribution in [0.1, 0.15) is 11.1 Å². The summed E-state index contributed by atoms with van der Waals surface area (Å²) in [6.45, 7) is 7.14. The summed E-state index contributed by atoms with van der Waals surface area (Å²) in [7, 11) is 1.62. The molecule has 1 fully saturated rings. The molecule has 5 nitrogen and oxygen atoms in total. The molecule has 0 unspecified atom stereocenters. The van der Waals surface area contributed by atoms with Crippen molar-refractivity contribution < 1.29 is 9.53 Å². The van der Waals surface area contributed by atoms with Gasteiger partial charge in [-0.05, 0) is 31.0 Å². The van der Waals surface area contributed by atoms with Gasteiger partial charge in [-0.3, -0.25) is 0 Å². The van der Waals surface area contributed by atoms with Crippen molar-refractivity contribution in [2.24, 2.45) is 0 Å². The third-order valence-corrected chi connectivity index (χ3v) is 3.27. The second-order valence-corrected chi connectivity index (χ2v) is 4.83. The molecule has 1 aliphatic heterocycles. The van der Waals surface area contributed by atoms with E-state index < -0.39 is 0 Å². The van der Waals surface area contributed by atoms with Gasteiger partial charge in [-0.1, -0.05) is 6.07 Å². The van der Waals surface area contributed by atoms with E-state index in [0.717, 1.165) is 48.7 Å². The lowest BCUT2D eigenvalue weighted by molar-refractivity contribution is 0.203.